The van der Waals surface area contributed by atoms with E-state index in [1.165, 1.54) is 0 Å². The van der Waals surface area contributed by atoms with Crippen molar-refractivity contribution in [3.05, 3.63) is 54.6 Å². The van der Waals surface area contributed by atoms with Gasteiger partial charge in [-0.2, -0.15) is 0 Å². The highest BCUT2D eigenvalue weighted by Gasteiger charge is 2.14. The van der Waals surface area contributed by atoms with Gasteiger partial charge in [-0.25, -0.2) is 0 Å². The highest BCUT2D eigenvalue weighted by molar-refractivity contribution is 5.96. The van der Waals surface area contributed by atoms with E-state index in [4.69, 9.17) is 0 Å². The maximum Gasteiger partial charge on any atom is 0.238 e. The summed E-state index contributed by atoms with van der Waals surface area (Å²) in [6.45, 7) is 5.43. The maximum absolute atomic E-state index is 12.4. The van der Waals surface area contributed by atoms with Gasteiger partial charge in [-0.3, -0.25) is 14.5 Å². The highest BCUT2D eigenvalue weighted by atomic mass is 16.2. The van der Waals surface area contributed by atoms with Gasteiger partial charge in [0.25, 0.3) is 0 Å². The molecule has 2 aromatic rings. The number of benzene rings is 2. The largest absolute Gasteiger partial charge is 0.355 e. The van der Waals surface area contributed by atoms with Crippen LogP contribution in [0.1, 0.15) is 13.8 Å². The first-order chi connectivity index (χ1) is 12.1. The minimum Gasteiger partial charge on any atom is -0.355 e. The van der Waals surface area contributed by atoms with Crippen molar-refractivity contribution in [3.8, 4) is 11.1 Å². The molecule has 132 valence electrons. The summed E-state index contributed by atoms with van der Waals surface area (Å²) in [5, 5.41) is 5.72. The maximum atomic E-state index is 12.4. The van der Waals surface area contributed by atoms with Crippen LogP contribution in [0.25, 0.3) is 11.1 Å². The summed E-state index contributed by atoms with van der Waals surface area (Å²) in [5.74, 6) is -0.198. The molecule has 5 nitrogen and oxygen atoms in total. The minimum absolute atomic E-state index is 0.0677. The Bertz CT molecular complexity index is 701. The molecular formula is C20H25N3O2. The van der Waals surface area contributed by atoms with Crippen LogP contribution in [0, 0.1) is 0 Å². The lowest BCUT2D eigenvalue weighted by Crippen LogP contribution is -2.41. The third-order valence-electron chi connectivity index (χ3n) is 3.84. The second-order valence-electron chi connectivity index (χ2n) is 5.72. The van der Waals surface area contributed by atoms with Crippen LogP contribution < -0.4 is 10.6 Å². The highest BCUT2D eigenvalue weighted by Crippen LogP contribution is 2.27. The molecule has 0 saturated carbocycles. The number of likely N-dealkylation sites (N-methyl/N-ethyl adjacent to an activating group) is 2. The summed E-state index contributed by atoms with van der Waals surface area (Å²) >= 11 is 0. The fourth-order valence-corrected chi connectivity index (χ4v) is 2.59. The predicted octanol–water partition coefficient (Wildman–Crippen LogP) is 2.75. The molecule has 2 rings (SSSR count). The third-order valence-corrected chi connectivity index (χ3v) is 3.84. The standard InChI is InChI=1S/C20H25N3O2/c1-3-21-19(24)14-23(4-2)15-20(25)22-18-13-9-8-12-17(18)16-10-6-5-7-11-16/h5-13H,3-4,14-15H2,1-2H3,(H,21,24)(H,22,25). The molecule has 0 bridgehead atoms. The molecule has 0 radical (unpaired) electrons. The number of nitrogens with zero attached hydrogens (tertiary/aromatic N) is 1. The van der Waals surface area contributed by atoms with E-state index in [2.05, 4.69) is 10.6 Å². The van der Waals surface area contributed by atoms with Crippen molar-refractivity contribution in [3.63, 3.8) is 0 Å². The van der Waals surface area contributed by atoms with Crippen molar-refractivity contribution >= 4 is 17.5 Å². The lowest BCUT2D eigenvalue weighted by molar-refractivity contribution is -0.123. The van der Waals surface area contributed by atoms with E-state index in [0.29, 0.717) is 13.1 Å². The van der Waals surface area contributed by atoms with E-state index in [1.54, 1.807) is 0 Å². The fourth-order valence-electron chi connectivity index (χ4n) is 2.59. The molecule has 0 aromatic heterocycles. The molecule has 5 heteroatoms. The summed E-state index contributed by atoms with van der Waals surface area (Å²) in [7, 11) is 0. The molecule has 0 aliphatic heterocycles. The average molecular weight is 339 g/mol. The molecule has 0 fully saturated rings. The van der Waals surface area contributed by atoms with Crippen LogP contribution in [-0.2, 0) is 9.59 Å². The Morgan fingerprint density at radius 3 is 2.20 bits per heavy atom. The molecule has 0 spiro atoms. The van der Waals surface area contributed by atoms with Gasteiger partial charge in [0.15, 0.2) is 0 Å². The van der Waals surface area contributed by atoms with Gasteiger partial charge in [0.1, 0.15) is 0 Å². The Labute approximate surface area is 149 Å². The van der Waals surface area contributed by atoms with E-state index in [0.717, 1.165) is 16.8 Å². The first kappa shape index (κ1) is 18.7. The van der Waals surface area contributed by atoms with Crippen molar-refractivity contribution in [2.75, 3.05) is 31.5 Å². The van der Waals surface area contributed by atoms with E-state index >= 15 is 0 Å². The van der Waals surface area contributed by atoms with Crippen molar-refractivity contribution in [1.82, 2.24) is 10.2 Å². The van der Waals surface area contributed by atoms with E-state index in [1.807, 2.05) is 73.3 Å². The monoisotopic (exact) mass is 339 g/mol. The van der Waals surface area contributed by atoms with E-state index < -0.39 is 0 Å². The Hall–Kier alpha value is -2.66. The van der Waals surface area contributed by atoms with Crippen molar-refractivity contribution in [1.29, 1.82) is 0 Å². The summed E-state index contributed by atoms with van der Waals surface area (Å²) in [6, 6.07) is 17.7. The summed E-state index contributed by atoms with van der Waals surface area (Å²) in [6.07, 6.45) is 0. The molecule has 0 saturated heterocycles. The number of anilines is 1. The average Bonchev–Trinajstić information content (AvgIpc) is 2.62. The summed E-state index contributed by atoms with van der Waals surface area (Å²) in [5.41, 5.74) is 2.80. The van der Waals surface area contributed by atoms with Crippen LogP contribution in [0.3, 0.4) is 0 Å². The van der Waals surface area contributed by atoms with Gasteiger partial charge < -0.3 is 10.6 Å². The molecule has 0 aliphatic rings. The van der Waals surface area contributed by atoms with Crippen LogP contribution >= 0.6 is 0 Å². The molecule has 25 heavy (non-hydrogen) atoms. The predicted molar refractivity (Wildman–Crippen MR) is 101 cm³/mol. The number of carbonyl (C=O) groups excluding carboxylic acids is 2. The Balaban J connectivity index is 2.04. The topological polar surface area (TPSA) is 61.4 Å². The van der Waals surface area contributed by atoms with Crippen LogP contribution in [-0.4, -0.2) is 42.9 Å². The summed E-state index contributed by atoms with van der Waals surface area (Å²) < 4.78 is 0. The van der Waals surface area contributed by atoms with Crippen molar-refractivity contribution in [2.24, 2.45) is 0 Å². The van der Waals surface area contributed by atoms with Crippen molar-refractivity contribution in [2.45, 2.75) is 13.8 Å². The van der Waals surface area contributed by atoms with Gasteiger partial charge in [-0.05, 0) is 25.1 Å². The third kappa shape index (κ3) is 5.72. The van der Waals surface area contributed by atoms with Gasteiger partial charge in [-0.1, -0.05) is 55.5 Å². The van der Waals surface area contributed by atoms with Crippen LogP contribution in [0.15, 0.2) is 54.6 Å². The number of hydrogen-bond acceptors (Lipinski definition) is 3. The molecule has 0 atom stereocenters. The number of amides is 2. The Morgan fingerprint density at radius 2 is 1.52 bits per heavy atom. The van der Waals surface area contributed by atoms with Gasteiger partial charge in [0, 0.05) is 17.8 Å². The SMILES string of the molecule is CCNC(=O)CN(CC)CC(=O)Nc1ccccc1-c1ccccc1. The Morgan fingerprint density at radius 1 is 0.880 bits per heavy atom. The lowest BCUT2D eigenvalue weighted by atomic mass is 10.0. The van der Waals surface area contributed by atoms with Crippen LogP contribution in [0.4, 0.5) is 5.69 Å². The van der Waals surface area contributed by atoms with E-state index in [-0.39, 0.29) is 24.9 Å². The number of carbonyl (C=O) groups is 2. The zero-order valence-electron chi connectivity index (χ0n) is 14.8. The second-order valence-corrected chi connectivity index (χ2v) is 5.72. The number of rotatable bonds is 8. The van der Waals surface area contributed by atoms with Gasteiger partial charge in [0.05, 0.1) is 13.1 Å². The zero-order valence-corrected chi connectivity index (χ0v) is 14.8. The normalized spacial score (nSPS) is 10.5. The molecule has 0 unspecified atom stereocenters. The fraction of sp³-hybridized carbons (Fsp3) is 0.300. The second kappa shape index (κ2) is 9.59. The van der Waals surface area contributed by atoms with Gasteiger partial charge in [-0.15, -0.1) is 0 Å². The molecule has 2 N–H and O–H groups in total. The first-order valence-electron chi connectivity index (χ1n) is 8.57. The number of hydrogen-bond donors (Lipinski definition) is 2. The lowest BCUT2D eigenvalue weighted by Gasteiger charge is -2.19. The van der Waals surface area contributed by atoms with Gasteiger partial charge in [0.2, 0.25) is 11.8 Å². The van der Waals surface area contributed by atoms with Gasteiger partial charge >= 0.3 is 0 Å². The molecular weight excluding hydrogens is 314 g/mol. The zero-order chi connectivity index (χ0) is 18.1. The van der Waals surface area contributed by atoms with Crippen molar-refractivity contribution < 1.29 is 9.59 Å². The van der Waals surface area contributed by atoms with Crippen LogP contribution in [0.2, 0.25) is 0 Å². The molecule has 0 aliphatic carbocycles. The quantitative estimate of drug-likeness (QED) is 0.777. The molecule has 2 aromatic carbocycles. The summed E-state index contributed by atoms with van der Waals surface area (Å²) in [4.78, 5) is 25.9. The van der Waals surface area contributed by atoms with Crippen LogP contribution in [0.5, 0.6) is 0 Å². The molecule has 0 heterocycles. The first-order valence-corrected chi connectivity index (χ1v) is 8.57. The van der Waals surface area contributed by atoms with E-state index in [9.17, 15) is 9.59 Å². The number of nitrogens with one attached hydrogen (secondary N) is 2. The minimum atomic E-state index is -0.130. The Kier molecular flexibility index (Phi) is 7.16. The smallest absolute Gasteiger partial charge is 0.238 e. The molecule has 2 amide bonds. The number of para-hydroxylation sites is 1.